The molecule has 0 aromatic heterocycles. The molecule has 34 heavy (non-hydrogen) atoms. The Balaban J connectivity index is 1.37. The standard InChI is InChI=1S/C22H25F3N6O3/c1-14-13-30-17-18(26-20(30)31(14)16-5-3-15(4-6-16)22(23,24)25)27(2)21(33)29(19(17)32)8-7-28-9-11-34-12-10-28/h3-6,13,17-18H,7-12H2,1-2H3. The van der Waals surface area contributed by atoms with Crippen LogP contribution in [0, 0.1) is 0 Å². The normalized spacial score (nSPS) is 25.6. The van der Waals surface area contributed by atoms with Crippen molar-refractivity contribution in [2.75, 3.05) is 51.3 Å². The zero-order valence-corrected chi connectivity index (χ0v) is 18.8. The smallest absolute Gasteiger partial charge is 0.379 e. The molecule has 2 saturated heterocycles. The summed E-state index contributed by atoms with van der Waals surface area (Å²) in [5.74, 6) is 0.0775. The number of fused-ring (bicyclic) bond motifs is 3. The Bertz CT molecular complexity index is 1050. The Morgan fingerprint density at radius 1 is 1.09 bits per heavy atom. The number of aliphatic imine (C=N–C) groups is 1. The van der Waals surface area contributed by atoms with Gasteiger partial charge in [0.2, 0.25) is 5.96 Å². The molecule has 0 spiro atoms. The average molecular weight is 478 g/mol. The molecule has 5 rings (SSSR count). The number of benzene rings is 1. The molecule has 0 radical (unpaired) electrons. The van der Waals surface area contributed by atoms with Crippen molar-refractivity contribution in [2.45, 2.75) is 25.3 Å². The molecule has 4 heterocycles. The number of nitrogens with zero attached hydrogens (tertiary/aromatic N) is 6. The molecule has 1 aromatic rings. The number of carbonyl (C=O) groups excluding carboxylic acids is 2. The average Bonchev–Trinajstić information content (AvgIpc) is 3.32. The van der Waals surface area contributed by atoms with E-state index in [4.69, 9.17) is 4.74 Å². The Labute approximate surface area is 194 Å². The third kappa shape index (κ3) is 3.70. The highest BCUT2D eigenvalue weighted by molar-refractivity contribution is 6.09. The molecule has 4 aliphatic heterocycles. The zero-order chi connectivity index (χ0) is 24.2. The van der Waals surface area contributed by atoms with E-state index in [0.717, 1.165) is 25.2 Å². The number of likely N-dealkylation sites (N-methyl/N-ethyl adjacent to an activating group) is 1. The molecule has 2 atom stereocenters. The number of guanidine groups is 1. The minimum atomic E-state index is -4.43. The number of morpholine rings is 1. The first kappa shape index (κ1) is 22.7. The van der Waals surface area contributed by atoms with Gasteiger partial charge in [-0.2, -0.15) is 13.2 Å². The summed E-state index contributed by atoms with van der Waals surface area (Å²) in [4.78, 5) is 39.3. The summed E-state index contributed by atoms with van der Waals surface area (Å²) in [6.07, 6.45) is -3.39. The first-order chi connectivity index (χ1) is 16.2. The van der Waals surface area contributed by atoms with Crippen molar-refractivity contribution in [3.05, 3.63) is 41.7 Å². The number of anilines is 1. The number of urea groups is 1. The number of carbonyl (C=O) groups is 2. The summed E-state index contributed by atoms with van der Waals surface area (Å²) in [6.45, 7) is 5.38. The van der Waals surface area contributed by atoms with Gasteiger partial charge in [-0.3, -0.25) is 19.5 Å². The fourth-order valence-electron chi connectivity index (χ4n) is 4.74. The predicted octanol–water partition coefficient (Wildman–Crippen LogP) is 1.98. The Hall–Kier alpha value is -3.12. The van der Waals surface area contributed by atoms with Gasteiger partial charge in [-0.05, 0) is 31.2 Å². The van der Waals surface area contributed by atoms with Crippen LogP contribution in [0.1, 0.15) is 12.5 Å². The molecular formula is C22H25F3N6O3. The Morgan fingerprint density at radius 2 is 1.76 bits per heavy atom. The van der Waals surface area contributed by atoms with Crippen LogP contribution in [0.25, 0.3) is 0 Å². The maximum Gasteiger partial charge on any atom is 0.416 e. The van der Waals surface area contributed by atoms with E-state index in [2.05, 4.69) is 9.89 Å². The van der Waals surface area contributed by atoms with Crippen molar-refractivity contribution in [1.29, 1.82) is 0 Å². The molecule has 3 amide bonds. The van der Waals surface area contributed by atoms with Gasteiger partial charge in [0.1, 0.15) is 0 Å². The number of halogens is 3. The monoisotopic (exact) mass is 478 g/mol. The van der Waals surface area contributed by atoms with Gasteiger partial charge >= 0.3 is 12.2 Å². The van der Waals surface area contributed by atoms with E-state index in [9.17, 15) is 22.8 Å². The van der Waals surface area contributed by atoms with E-state index >= 15 is 0 Å². The van der Waals surface area contributed by atoms with E-state index < -0.39 is 30.0 Å². The van der Waals surface area contributed by atoms with Crippen LogP contribution < -0.4 is 4.90 Å². The molecule has 0 N–H and O–H groups in total. The lowest BCUT2D eigenvalue weighted by atomic mass is 10.1. The number of hydrogen-bond donors (Lipinski definition) is 0. The molecule has 2 unspecified atom stereocenters. The largest absolute Gasteiger partial charge is 0.416 e. The van der Waals surface area contributed by atoms with Crippen molar-refractivity contribution in [3.8, 4) is 0 Å². The molecule has 0 saturated carbocycles. The second kappa shape index (κ2) is 8.27. The van der Waals surface area contributed by atoms with Gasteiger partial charge in [0.25, 0.3) is 5.91 Å². The summed E-state index contributed by atoms with van der Waals surface area (Å²) in [5, 5.41) is 0. The van der Waals surface area contributed by atoms with Crippen LogP contribution in [0.15, 0.2) is 41.2 Å². The molecule has 0 aliphatic carbocycles. The predicted molar refractivity (Wildman–Crippen MR) is 117 cm³/mol. The van der Waals surface area contributed by atoms with Crippen LogP contribution in [0.5, 0.6) is 0 Å². The Kier molecular flexibility index (Phi) is 5.52. The third-order valence-corrected chi connectivity index (χ3v) is 6.58. The minimum Gasteiger partial charge on any atom is -0.379 e. The summed E-state index contributed by atoms with van der Waals surface area (Å²) >= 11 is 0. The number of hydrogen-bond acceptors (Lipinski definition) is 7. The number of ether oxygens (including phenoxy) is 1. The van der Waals surface area contributed by atoms with Gasteiger partial charge in [0.05, 0.1) is 18.8 Å². The number of alkyl halides is 3. The van der Waals surface area contributed by atoms with Crippen LogP contribution >= 0.6 is 0 Å². The summed E-state index contributed by atoms with van der Waals surface area (Å²) in [6, 6.07) is 3.65. The van der Waals surface area contributed by atoms with Gasteiger partial charge in [-0.1, -0.05) is 0 Å². The van der Waals surface area contributed by atoms with Crippen LogP contribution in [0.3, 0.4) is 0 Å². The summed E-state index contributed by atoms with van der Waals surface area (Å²) in [7, 11) is 1.61. The van der Waals surface area contributed by atoms with Crippen LogP contribution in [-0.2, 0) is 15.7 Å². The fourth-order valence-corrected chi connectivity index (χ4v) is 4.74. The first-order valence-corrected chi connectivity index (χ1v) is 11.1. The lowest BCUT2D eigenvalue weighted by Crippen LogP contribution is -2.65. The summed E-state index contributed by atoms with van der Waals surface area (Å²) < 4.78 is 44.3. The quantitative estimate of drug-likeness (QED) is 0.659. The third-order valence-electron chi connectivity index (χ3n) is 6.58. The van der Waals surface area contributed by atoms with Crippen molar-refractivity contribution in [3.63, 3.8) is 0 Å². The van der Waals surface area contributed by atoms with Crippen molar-refractivity contribution < 1.29 is 27.5 Å². The van der Waals surface area contributed by atoms with Gasteiger partial charge in [0, 0.05) is 50.8 Å². The van der Waals surface area contributed by atoms with E-state index in [1.54, 1.807) is 30.0 Å². The Morgan fingerprint density at radius 3 is 2.41 bits per heavy atom. The van der Waals surface area contributed by atoms with E-state index in [1.807, 2.05) is 0 Å². The molecule has 2 fully saturated rings. The molecular weight excluding hydrogens is 453 g/mol. The zero-order valence-electron chi connectivity index (χ0n) is 18.8. The summed E-state index contributed by atoms with van der Waals surface area (Å²) in [5.41, 5.74) is 0.462. The first-order valence-electron chi connectivity index (χ1n) is 11.1. The number of rotatable bonds is 4. The lowest BCUT2D eigenvalue weighted by Gasteiger charge is -2.40. The highest BCUT2D eigenvalue weighted by atomic mass is 19.4. The van der Waals surface area contributed by atoms with E-state index in [1.165, 1.54) is 21.9 Å². The molecule has 4 aliphatic rings. The topological polar surface area (TPSA) is 71.9 Å². The lowest BCUT2D eigenvalue weighted by molar-refractivity contribution is -0.138. The van der Waals surface area contributed by atoms with E-state index in [0.29, 0.717) is 37.1 Å². The van der Waals surface area contributed by atoms with Crippen LogP contribution in [0.2, 0.25) is 0 Å². The number of amides is 3. The van der Waals surface area contributed by atoms with Gasteiger partial charge < -0.3 is 14.5 Å². The van der Waals surface area contributed by atoms with Gasteiger partial charge in [-0.15, -0.1) is 0 Å². The van der Waals surface area contributed by atoms with Crippen molar-refractivity contribution >= 4 is 23.6 Å². The van der Waals surface area contributed by atoms with E-state index in [-0.39, 0.29) is 12.5 Å². The van der Waals surface area contributed by atoms with Gasteiger partial charge in [-0.25, -0.2) is 9.79 Å². The molecule has 182 valence electrons. The molecule has 1 aromatic carbocycles. The SMILES string of the molecule is CC1=CN2C(=NC3C2C(=O)N(CCN2CCOCC2)C(=O)N3C)N1c1ccc(C(F)(F)F)cc1. The van der Waals surface area contributed by atoms with Crippen LogP contribution in [0.4, 0.5) is 23.7 Å². The second-order valence-electron chi connectivity index (χ2n) is 8.68. The highest BCUT2D eigenvalue weighted by Gasteiger charge is 2.54. The van der Waals surface area contributed by atoms with Gasteiger partial charge in [0.15, 0.2) is 12.2 Å². The molecule has 9 nitrogen and oxygen atoms in total. The molecule has 0 bridgehead atoms. The minimum absolute atomic E-state index is 0.264. The van der Waals surface area contributed by atoms with Crippen LogP contribution in [-0.4, -0.2) is 96.1 Å². The number of allylic oxidation sites excluding steroid dienone is 1. The second-order valence-corrected chi connectivity index (χ2v) is 8.68. The fraction of sp³-hybridized carbons (Fsp3) is 0.500. The maximum atomic E-state index is 13.4. The molecule has 12 heteroatoms. The maximum absolute atomic E-state index is 13.4. The van der Waals surface area contributed by atoms with Crippen molar-refractivity contribution in [1.82, 2.24) is 19.6 Å². The van der Waals surface area contributed by atoms with Crippen molar-refractivity contribution in [2.24, 2.45) is 4.99 Å². The number of imide groups is 1. The highest BCUT2D eigenvalue weighted by Crippen LogP contribution is 2.37.